The van der Waals surface area contributed by atoms with Crippen LogP contribution in [0.1, 0.15) is 27.2 Å². The molecule has 1 aliphatic rings. The molecule has 2 atom stereocenters. The van der Waals surface area contributed by atoms with E-state index in [1.165, 1.54) is 24.4 Å². The van der Waals surface area contributed by atoms with Crippen molar-refractivity contribution in [3.8, 4) is 28.3 Å². The number of benzene rings is 1. The predicted molar refractivity (Wildman–Crippen MR) is 110 cm³/mol. The maximum Gasteiger partial charge on any atom is 0.233 e. The molecule has 0 bridgehead atoms. The topological polar surface area (TPSA) is 66.9 Å². The van der Waals surface area contributed by atoms with E-state index in [0.29, 0.717) is 17.0 Å². The van der Waals surface area contributed by atoms with Gasteiger partial charge in [0.1, 0.15) is 17.7 Å². The van der Waals surface area contributed by atoms with Crippen molar-refractivity contribution in [3.63, 3.8) is 0 Å². The van der Waals surface area contributed by atoms with E-state index in [0.717, 1.165) is 13.0 Å². The maximum atomic E-state index is 14.7. The van der Waals surface area contributed by atoms with Crippen molar-refractivity contribution in [2.45, 2.75) is 38.8 Å². The first-order valence-electron chi connectivity index (χ1n) is 9.97. The number of rotatable bonds is 4. The number of nitrogens with one attached hydrogen (secondary N) is 1. The molecule has 2 aromatic heterocycles. The summed E-state index contributed by atoms with van der Waals surface area (Å²) in [7, 11) is 2.11. The molecule has 8 heteroatoms. The minimum Gasteiger partial charge on any atom is -0.473 e. The zero-order chi connectivity index (χ0) is 21.5. The third-order valence-corrected chi connectivity index (χ3v) is 6.45. The summed E-state index contributed by atoms with van der Waals surface area (Å²) < 4.78 is 35.4. The van der Waals surface area contributed by atoms with Gasteiger partial charge >= 0.3 is 0 Å². The van der Waals surface area contributed by atoms with Gasteiger partial charge in [-0.05, 0) is 51.1 Å². The molecule has 158 valence electrons. The van der Waals surface area contributed by atoms with Crippen LogP contribution >= 0.6 is 0 Å². The molecule has 0 aliphatic carbocycles. The van der Waals surface area contributed by atoms with Crippen LogP contribution < -0.4 is 4.74 Å². The van der Waals surface area contributed by atoms with Gasteiger partial charge in [-0.1, -0.05) is 6.92 Å². The van der Waals surface area contributed by atoms with Gasteiger partial charge < -0.3 is 9.64 Å². The Labute approximate surface area is 174 Å². The zero-order valence-corrected chi connectivity index (χ0v) is 17.5. The summed E-state index contributed by atoms with van der Waals surface area (Å²) in [5.74, 6) is -0.783. The van der Waals surface area contributed by atoms with E-state index in [9.17, 15) is 8.78 Å². The van der Waals surface area contributed by atoms with Gasteiger partial charge in [0.25, 0.3) is 0 Å². The zero-order valence-electron chi connectivity index (χ0n) is 17.5. The fourth-order valence-corrected chi connectivity index (χ4v) is 3.89. The maximum absolute atomic E-state index is 14.7. The van der Waals surface area contributed by atoms with Gasteiger partial charge in [0.2, 0.25) is 5.88 Å². The van der Waals surface area contributed by atoms with Gasteiger partial charge in [0.15, 0.2) is 0 Å². The molecule has 3 aromatic rings. The standard InChI is InChI=1S/C22H25F2N5O/c1-13-19(7-8-29(4)22(13,2)3)30-20-6-5-18(27-28-20)21-16(23)9-14(10-17(21)24)15-11-25-26-12-15/h5-6,9-13,19H,7-8H2,1-4H3,(H,25,26). The molecule has 2 unspecified atom stereocenters. The Morgan fingerprint density at radius 2 is 1.87 bits per heavy atom. The number of halogens is 2. The second-order valence-electron chi connectivity index (χ2n) is 8.37. The minimum absolute atomic E-state index is 0.000719. The van der Waals surface area contributed by atoms with Crippen LogP contribution in [0.25, 0.3) is 22.4 Å². The van der Waals surface area contributed by atoms with Crippen LogP contribution in [0.3, 0.4) is 0 Å². The second-order valence-corrected chi connectivity index (χ2v) is 8.37. The predicted octanol–water partition coefficient (Wildman–Crippen LogP) is 4.31. The number of hydrogen-bond donors (Lipinski definition) is 1. The molecule has 4 rings (SSSR count). The van der Waals surface area contributed by atoms with Gasteiger partial charge in [-0.2, -0.15) is 5.10 Å². The van der Waals surface area contributed by atoms with Crippen LogP contribution in [0.15, 0.2) is 36.7 Å². The van der Waals surface area contributed by atoms with Crippen molar-refractivity contribution in [3.05, 3.63) is 48.3 Å². The number of likely N-dealkylation sites (tertiary alicyclic amines) is 1. The van der Waals surface area contributed by atoms with Crippen LogP contribution in [0.4, 0.5) is 8.78 Å². The summed E-state index contributed by atoms with van der Waals surface area (Å²) >= 11 is 0. The molecule has 3 heterocycles. The van der Waals surface area contributed by atoms with Crippen molar-refractivity contribution < 1.29 is 13.5 Å². The van der Waals surface area contributed by atoms with E-state index in [1.54, 1.807) is 12.3 Å². The molecule has 1 saturated heterocycles. The molecule has 0 saturated carbocycles. The third kappa shape index (κ3) is 3.67. The van der Waals surface area contributed by atoms with Gasteiger partial charge in [-0.3, -0.25) is 5.10 Å². The highest BCUT2D eigenvalue weighted by Crippen LogP contribution is 2.34. The van der Waals surface area contributed by atoms with Crippen LogP contribution in [-0.4, -0.2) is 50.5 Å². The van der Waals surface area contributed by atoms with Crippen LogP contribution in [-0.2, 0) is 0 Å². The van der Waals surface area contributed by atoms with Crippen LogP contribution in [0.2, 0.25) is 0 Å². The summed E-state index contributed by atoms with van der Waals surface area (Å²) in [5, 5.41) is 14.5. The molecular formula is C22H25F2N5O. The Morgan fingerprint density at radius 1 is 1.13 bits per heavy atom. The number of hydrogen-bond acceptors (Lipinski definition) is 5. The Bertz CT molecular complexity index is 998. The molecule has 0 radical (unpaired) electrons. The second kappa shape index (κ2) is 7.75. The van der Waals surface area contributed by atoms with Gasteiger partial charge in [-0.15, -0.1) is 10.2 Å². The summed E-state index contributed by atoms with van der Waals surface area (Å²) in [6, 6.07) is 5.67. The number of nitrogens with zero attached hydrogens (tertiary/aromatic N) is 4. The normalized spacial score (nSPS) is 21.5. The molecule has 0 spiro atoms. The van der Waals surface area contributed by atoms with Crippen LogP contribution in [0.5, 0.6) is 5.88 Å². The summed E-state index contributed by atoms with van der Waals surface area (Å²) in [4.78, 5) is 2.32. The lowest BCUT2D eigenvalue weighted by Crippen LogP contribution is -2.56. The number of H-pyrrole nitrogens is 1. The smallest absolute Gasteiger partial charge is 0.233 e. The first kappa shape index (κ1) is 20.4. The quantitative estimate of drug-likeness (QED) is 0.690. The fraction of sp³-hybridized carbons (Fsp3) is 0.409. The summed E-state index contributed by atoms with van der Waals surface area (Å²) in [6.45, 7) is 7.48. The molecule has 1 aromatic carbocycles. The van der Waals surface area contributed by atoms with Crippen LogP contribution in [0, 0.1) is 17.6 Å². The lowest BCUT2D eigenvalue weighted by atomic mass is 9.79. The minimum atomic E-state index is -0.708. The highest BCUT2D eigenvalue weighted by Gasteiger charge is 2.40. The Balaban J connectivity index is 1.54. The van der Waals surface area contributed by atoms with Gasteiger partial charge in [0.05, 0.1) is 17.5 Å². The monoisotopic (exact) mass is 413 g/mol. The van der Waals surface area contributed by atoms with Crippen molar-refractivity contribution in [1.82, 2.24) is 25.3 Å². The Kier molecular flexibility index (Phi) is 5.27. The average Bonchev–Trinajstić information content (AvgIpc) is 3.24. The molecule has 6 nitrogen and oxygen atoms in total. The average molecular weight is 413 g/mol. The van der Waals surface area contributed by atoms with E-state index < -0.39 is 11.6 Å². The fourth-order valence-electron chi connectivity index (χ4n) is 3.89. The highest BCUT2D eigenvalue weighted by atomic mass is 19.1. The number of ether oxygens (including phenoxy) is 1. The lowest BCUT2D eigenvalue weighted by molar-refractivity contribution is -0.0301. The number of piperidine rings is 1. The van der Waals surface area contributed by atoms with Crippen molar-refractivity contribution in [2.24, 2.45) is 5.92 Å². The molecule has 30 heavy (non-hydrogen) atoms. The Hall–Kier alpha value is -2.87. The Morgan fingerprint density at radius 3 is 2.47 bits per heavy atom. The first-order chi connectivity index (χ1) is 14.3. The van der Waals surface area contributed by atoms with E-state index in [-0.39, 0.29) is 28.8 Å². The number of aromatic nitrogens is 4. The van der Waals surface area contributed by atoms with Crippen molar-refractivity contribution >= 4 is 0 Å². The summed E-state index contributed by atoms with van der Waals surface area (Å²) in [6.07, 6.45) is 3.96. The highest BCUT2D eigenvalue weighted by molar-refractivity contribution is 5.69. The van der Waals surface area contributed by atoms with Gasteiger partial charge in [-0.25, -0.2) is 8.78 Å². The van der Waals surface area contributed by atoms with Gasteiger partial charge in [0, 0.05) is 35.8 Å². The first-order valence-corrected chi connectivity index (χ1v) is 9.97. The lowest BCUT2D eigenvalue weighted by Gasteiger charge is -2.48. The molecule has 1 fully saturated rings. The molecule has 1 aliphatic heterocycles. The van der Waals surface area contributed by atoms with Crippen molar-refractivity contribution in [2.75, 3.05) is 13.6 Å². The molecular weight excluding hydrogens is 388 g/mol. The third-order valence-electron chi connectivity index (χ3n) is 6.45. The van der Waals surface area contributed by atoms with E-state index in [4.69, 9.17) is 4.74 Å². The van der Waals surface area contributed by atoms with E-state index in [2.05, 4.69) is 53.1 Å². The number of aromatic amines is 1. The summed E-state index contributed by atoms with van der Waals surface area (Å²) in [5.41, 5.74) is 0.904. The largest absolute Gasteiger partial charge is 0.473 e. The molecule has 0 amide bonds. The molecule has 1 N–H and O–H groups in total. The van der Waals surface area contributed by atoms with Crippen molar-refractivity contribution in [1.29, 1.82) is 0 Å². The SMILES string of the molecule is CC1C(Oc2ccc(-c3c(F)cc(-c4cn[nH]c4)cc3F)nn2)CCN(C)C1(C)C. The van der Waals surface area contributed by atoms with E-state index >= 15 is 0 Å². The van der Waals surface area contributed by atoms with E-state index in [1.807, 2.05) is 0 Å².